The summed E-state index contributed by atoms with van der Waals surface area (Å²) in [6, 6.07) is 3.10. The summed E-state index contributed by atoms with van der Waals surface area (Å²) in [6.07, 6.45) is 4.04. The zero-order valence-corrected chi connectivity index (χ0v) is 7.80. The first kappa shape index (κ1) is 10.2. The van der Waals surface area contributed by atoms with E-state index >= 15 is 0 Å². The summed E-state index contributed by atoms with van der Waals surface area (Å²) in [5, 5.41) is 8.37. The Balaban J connectivity index is 2.98. The first-order valence-corrected chi connectivity index (χ1v) is 4.25. The van der Waals surface area contributed by atoms with E-state index < -0.39 is 5.97 Å². The van der Waals surface area contributed by atoms with Crippen LogP contribution in [0.2, 0.25) is 0 Å². The lowest BCUT2D eigenvalue weighted by Gasteiger charge is -2.00. The third kappa shape index (κ3) is 2.58. The molecule has 74 valence electrons. The van der Waals surface area contributed by atoms with Crippen molar-refractivity contribution in [3.8, 4) is 0 Å². The monoisotopic (exact) mass is 193 g/mol. The second-order valence-corrected chi connectivity index (χ2v) is 2.76. The number of carbonyl (C=O) groups is 1. The van der Waals surface area contributed by atoms with E-state index in [0.717, 1.165) is 6.08 Å². The first-order chi connectivity index (χ1) is 6.63. The molecule has 0 fully saturated rings. The Morgan fingerprint density at radius 3 is 2.86 bits per heavy atom. The number of nitrogens with zero attached hydrogens (tertiary/aromatic N) is 1. The Morgan fingerprint density at radius 2 is 2.36 bits per heavy atom. The third-order valence-electron chi connectivity index (χ3n) is 1.78. The molecule has 1 aromatic rings. The highest BCUT2D eigenvalue weighted by Crippen LogP contribution is 1.97. The molecule has 4 nitrogen and oxygen atoms in total. The Bertz CT molecular complexity index is 418. The molecule has 0 atom stereocenters. The maximum Gasteiger partial charge on any atom is 0.328 e. The molecule has 1 heterocycles. The molecule has 0 amide bonds. The summed E-state index contributed by atoms with van der Waals surface area (Å²) >= 11 is 0. The van der Waals surface area contributed by atoms with Crippen LogP contribution in [0.1, 0.15) is 12.5 Å². The number of hydrogen-bond donors (Lipinski definition) is 1. The predicted octanol–water partition coefficient (Wildman–Crippen LogP) is 0.966. The van der Waals surface area contributed by atoms with Crippen LogP contribution < -0.4 is 5.56 Å². The molecule has 0 spiro atoms. The van der Waals surface area contributed by atoms with E-state index in [1.807, 2.05) is 6.92 Å². The molecular formula is C10H11NO3. The minimum absolute atomic E-state index is 0.125. The van der Waals surface area contributed by atoms with Crippen LogP contribution in [0.3, 0.4) is 0 Å². The van der Waals surface area contributed by atoms with E-state index in [1.165, 1.54) is 16.7 Å². The third-order valence-corrected chi connectivity index (χ3v) is 1.78. The fourth-order valence-corrected chi connectivity index (χ4v) is 1.06. The van der Waals surface area contributed by atoms with Crippen molar-refractivity contribution in [2.45, 2.75) is 13.5 Å². The van der Waals surface area contributed by atoms with Crippen molar-refractivity contribution < 1.29 is 9.90 Å². The first-order valence-electron chi connectivity index (χ1n) is 4.25. The van der Waals surface area contributed by atoms with Gasteiger partial charge >= 0.3 is 5.97 Å². The van der Waals surface area contributed by atoms with Gasteiger partial charge in [0.05, 0.1) is 0 Å². The van der Waals surface area contributed by atoms with Crippen molar-refractivity contribution in [3.05, 3.63) is 40.3 Å². The fourth-order valence-electron chi connectivity index (χ4n) is 1.06. The number of rotatable bonds is 3. The maximum absolute atomic E-state index is 11.3. The second kappa shape index (κ2) is 4.41. The summed E-state index contributed by atoms with van der Waals surface area (Å²) in [6.45, 7) is 2.48. The number of hydrogen-bond acceptors (Lipinski definition) is 2. The Morgan fingerprint density at radius 1 is 1.64 bits per heavy atom. The van der Waals surface area contributed by atoms with Crippen LogP contribution in [0.15, 0.2) is 29.2 Å². The molecule has 0 aliphatic rings. The minimum atomic E-state index is -1.02. The van der Waals surface area contributed by atoms with Crippen molar-refractivity contribution in [3.63, 3.8) is 0 Å². The standard InChI is InChI=1S/C10H11NO3/c1-2-11-6-5-8(7-9(11)12)3-4-10(13)14/h3-7H,2H2,1H3,(H,13,14). The second-order valence-electron chi connectivity index (χ2n) is 2.76. The molecule has 1 rings (SSSR count). The Hall–Kier alpha value is -1.84. The molecule has 4 heteroatoms. The lowest BCUT2D eigenvalue weighted by Crippen LogP contribution is -2.17. The van der Waals surface area contributed by atoms with E-state index in [2.05, 4.69) is 0 Å². The number of aliphatic carboxylic acids is 1. The smallest absolute Gasteiger partial charge is 0.328 e. The van der Waals surface area contributed by atoms with Crippen LogP contribution >= 0.6 is 0 Å². The van der Waals surface area contributed by atoms with Gasteiger partial charge in [-0.05, 0) is 24.6 Å². The zero-order chi connectivity index (χ0) is 10.6. The zero-order valence-electron chi connectivity index (χ0n) is 7.80. The average molecular weight is 193 g/mol. The van der Waals surface area contributed by atoms with Crippen molar-refractivity contribution >= 4 is 12.0 Å². The molecule has 0 saturated heterocycles. The molecule has 0 aliphatic carbocycles. The van der Waals surface area contributed by atoms with Gasteiger partial charge in [0.2, 0.25) is 0 Å². The number of pyridine rings is 1. The van der Waals surface area contributed by atoms with Gasteiger partial charge in [-0.1, -0.05) is 0 Å². The quantitative estimate of drug-likeness (QED) is 0.727. The van der Waals surface area contributed by atoms with Gasteiger partial charge in [-0.15, -0.1) is 0 Å². The van der Waals surface area contributed by atoms with Crippen molar-refractivity contribution in [2.24, 2.45) is 0 Å². The molecule has 0 bridgehead atoms. The van der Waals surface area contributed by atoms with Crippen LogP contribution in [0.4, 0.5) is 0 Å². The van der Waals surface area contributed by atoms with E-state index in [-0.39, 0.29) is 5.56 Å². The number of carboxylic acids is 1. The van der Waals surface area contributed by atoms with Crippen LogP contribution in [0.25, 0.3) is 6.08 Å². The summed E-state index contributed by atoms with van der Waals surface area (Å²) < 4.78 is 1.54. The Kier molecular flexibility index (Phi) is 3.23. The topological polar surface area (TPSA) is 59.3 Å². The highest BCUT2D eigenvalue weighted by atomic mass is 16.4. The predicted molar refractivity (Wildman–Crippen MR) is 53.0 cm³/mol. The van der Waals surface area contributed by atoms with Gasteiger partial charge in [-0.2, -0.15) is 0 Å². The molecule has 14 heavy (non-hydrogen) atoms. The van der Waals surface area contributed by atoms with E-state index in [1.54, 1.807) is 12.3 Å². The molecule has 1 aromatic heterocycles. The maximum atomic E-state index is 11.3. The van der Waals surface area contributed by atoms with Crippen LogP contribution in [-0.4, -0.2) is 15.6 Å². The van der Waals surface area contributed by atoms with Gasteiger partial charge in [0.25, 0.3) is 5.56 Å². The van der Waals surface area contributed by atoms with E-state index in [9.17, 15) is 9.59 Å². The summed E-state index contributed by atoms with van der Waals surface area (Å²) in [5.74, 6) is -1.02. The number of aryl methyl sites for hydroxylation is 1. The van der Waals surface area contributed by atoms with Crippen molar-refractivity contribution in [2.75, 3.05) is 0 Å². The molecule has 0 aromatic carbocycles. The molecule has 0 aliphatic heterocycles. The normalized spacial score (nSPS) is 10.6. The summed E-state index contributed by atoms with van der Waals surface area (Å²) in [4.78, 5) is 21.5. The van der Waals surface area contributed by atoms with Crippen LogP contribution in [-0.2, 0) is 11.3 Å². The molecule has 0 saturated carbocycles. The van der Waals surface area contributed by atoms with Crippen LogP contribution in [0.5, 0.6) is 0 Å². The lowest BCUT2D eigenvalue weighted by molar-refractivity contribution is -0.131. The highest BCUT2D eigenvalue weighted by Gasteiger charge is 1.94. The molecular weight excluding hydrogens is 182 g/mol. The van der Waals surface area contributed by atoms with Gasteiger partial charge in [0.15, 0.2) is 0 Å². The molecule has 0 unspecified atom stereocenters. The van der Waals surface area contributed by atoms with Gasteiger partial charge in [-0.3, -0.25) is 4.79 Å². The molecule has 1 N–H and O–H groups in total. The van der Waals surface area contributed by atoms with E-state index in [0.29, 0.717) is 12.1 Å². The van der Waals surface area contributed by atoms with Gasteiger partial charge in [0, 0.05) is 24.9 Å². The minimum Gasteiger partial charge on any atom is -0.478 e. The highest BCUT2D eigenvalue weighted by molar-refractivity contribution is 5.85. The van der Waals surface area contributed by atoms with Gasteiger partial charge < -0.3 is 9.67 Å². The van der Waals surface area contributed by atoms with Crippen molar-refractivity contribution in [1.29, 1.82) is 0 Å². The van der Waals surface area contributed by atoms with Gasteiger partial charge in [0.1, 0.15) is 0 Å². The molecule has 0 radical (unpaired) electrons. The SMILES string of the molecule is CCn1ccc(C=CC(=O)O)cc1=O. The summed E-state index contributed by atoms with van der Waals surface area (Å²) in [7, 11) is 0. The lowest BCUT2D eigenvalue weighted by atomic mass is 10.2. The largest absolute Gasteiger partial charge is 0.478 e. The Labute approximate surface area is 81.1 Å². The van der Waals surface area contributed by atoms with Gasteiger partial charge in [-0.25, -0.2) is 4.79 Å². The van der Waals surface area contributed by atoms with E-state index in [4.69, 9.17) is 5.11 Å². The van der Waals surface area contributed by atoms with Crippen LogP contribution in [0, 0.1) is 0 Å². The average Bonchev–Trinajstić information content (AvgIpc) is 2.15. The van der Waals surface area contributed by atoms with Crippen molar-refractivity contribution in [1.82, 2.24) is 4.57 Å². The summed E-state index contributed by atoms with van der Waals surface area (Å²) in [5.41, 5.74) is 0.474. The fraction of sp³-hybridized carbons (Fsp3) is 0.200. The number of aromatic nitrogens is 1. The number of carboxylic acid groups (broad SMARTS) is 1.